The molecule has 0 aliphatic carbocycles. The predicted molar refractivity (Wildman–Crippen MR) is 131 cm³/mol. The van der Waals surface area contributed by atoms with Crippen LogP contribution >= 0.6 is 11.6 Å². The monoisotopic (exact) mass is 468 g/mol. The number of carbonyl (C=O) groups is 1. The molecule has 1 atom stereocenters. The second kappa shape index (κ2) is 11.2. The third-order valence-electron chi connectivity index (χ3n) is 5.80. The molecule has 2 aromatic heterocycles. The minimum absolute atomic E-state index is 0.0594. The number of hydrogen-bond donors (Lipinski definition) is 2. The summed E-state index contributed by atoms with van der Waals surface area (Å²) in [5.74, 6) is 1.39. The number of halogens is 1. The molecule has 3 aromatic rings. The number of nitrogens with zero attached hydrogens (tertiary/aromatic N) is 4. The largest absolute Gasteiger partial charge is 0.385 e. The van der Waals surface area contributed by atoms with Crippen molar-refractivity contribution >= 4 is 40.2 Å². The van der Waals surface area contributed by atoms with Crippen LogP contribution in [0.2, 0.25) is 5.02 Å². The van der Waals surface area contributed by atoms with Gasteiger partial charge in [-0.3, -0.25) is 4.79 Å². The van der Waals surface area contributed by atoms with Crippen LogP contribution in [0, 0.1) is 5.92 Å². The molecule has 8 nitrogen and oxygen atoms in total. The fourth-order valence-corrected chi connectivity index (χ4v) is 4.25. The SMILES string of the molecule is COCCCNC(=O)C1CCCN(c2nccc3nc(NCc4ccccc4Cl)ncc23)C1. The van der Waals surface area contributed by atoms with E-state index in [-0.39, 0.29) is 11.8 Å². The summed E-state index contributed by atoms with van der Waals surface area (Å²) in [6, 6.07) is 9.57. The van der Waals surface area contributed by atoms with Crippen LogP contribution in [0.4, 0.5) is 11.8 Å². The van der Waals surface area contributed by atoms with Crippen LogP contribution in [0.3, 0.4) is 0 Å². The summed E-state index contributed by atoms with van der Waals surface area (Å²) in [6.07, 6.45) is 6.19. The van der Waals surface area contributed by atoms with Crippen molar-refractivity contribution in [2.75, 3.05) is 43.6 Å². The second-order valence-corrected chi connectivity index (χ2v) is 8.54. The zero-order valence-electron chi connectivity index (χ0n) is 18.8. The minimum Gasteiger partial charge on any atom is -0.385 e. The Kier molecular flexibility index (Phi) is 7.91. The molecular weight excluding hydrogens is 440 g/mol. The van der Waals surface area contributed by atoms with Gasteiger partial charge < -0.3 is 20.3 Å². The van der Waals surface area contributed by atoms with Gasteiger partial charge >= 0.3 is 0 Å². The first kappa shape index (κ1) is 23.2. The normalized spacial score (nSPS) is 16.1. The molecule has 1 aliphatic rings. The lowest BCUT2D eigenvalue weighted by molar-refractivity contribution is -0.125. The number of nitrogens with one attached hydrogen (secondary N) is 2. The lowest BCUT2D eigenvalue weighted by Crippen LogP contribution is -2.43. The van der Waals surface area contributed by atoms with Gasteiger partial charge in [0.2, 0.25) is 11.9 Å². The first-order valence-electron chi connectivity index (χ1n) is 11.3. The molecule has 0 saturated carbocycles. The Morgan fingerprint density at radius 2 is 2.15 bits per heavy atom. The van der Waals surface area contributed by atoms with Crippen LogP contribution in [0.25, 0.3) is 10.9 Å². The predicted octanol–water partition coefficient (Wildman–Crippen LogP) is 3.66. The molecule has 1 aromatic carbocycles. The van der Waals surface area contributed by atoms with Gasteiger partial charge in [-0.15, -0.1) is 0 Å². The van der Waals surface area contributed by atoms with E-state index in [1.807, 2.05) is 30.3 Å². The van der Waals surface area contributed by atoms with Crippen LogP contribution in [0.15, 0.2) is 42.7 Å². The van der Waals surface area contributed by atoms with Crippen LogP contribution in [-0.2, 0) is 16.1 Å². The molecule has 4 rings (SSSR count). The highest BCUT2D eigenvalue weighted by molar-refractivity contribution is 6.31. The van der Waals surface area contributed by atoms with E-state index < -0.39 is 0 Å². The molecule has 0 bridgehead atoms. The van der Waals surface area contributed by atoms with Crippen molar-refractivity contribution in [1.29, 1.82) is 0 Å². The van der Waals surface area contributed by atoms with Gasteiger partial charge in [-0.25, -0.2) is 15.0 Å². The van der Waals surface area contributed by atoms with Gasteiger partial charge in [0.1, 0.15) is 5.82 Å². The van der Waals surface area contributed by atoms with Gasteiger partial charge in [0.05, 0.1) is 16.8 Å². The number of piperidine rings is 1. The summed E-state index contributed by atoms with van der Waals surface area (Å²) < 4.78 is 5.05. The third-order valence-corrected chi connectivity index (χ3v) is 6.17. The molecule has 174 valence electrons. The van der Waals surface area contributed by atoms with E-state index in [0.29, 0.717) is 37.2 Å². The molecule has 9 heteroatoms. The average molecular weight is 469 g/mol. The van der Waals surface area contributed by atoms with Crippen molar-refractivity contribution < 1.29 is 9.53 Å². The fourth-order valence-electron chi connectivity index (χ4n) is 4.05. The minimum atomic E-state index is -0.0594. The molecule has 33 heavy (non-hydrogen) atoms. The van der Waals surface area contributed by atoms with Crippen LogP contribution < -0.4 is 15.5 Å². The van der Waals surface area contributed by atoms with Gasteiger partial charge in [0, 0.05) is 57.3 Å². The van der Waals surface area contributed by atoms with E-state index in [0.717, 1.165) is 48.1 Å². The Hall–Kier alpha value is -2.97. The van der Waals surface area contributed by atoms with Crippen LogP contribution in [-0.4, -0.2) is 54.2 Å². The van der Waals surface area contributed by atoms with E-state index in [9.17, 15) is 4.79 Å². The molecule has 1 unspecified atom stereocenters. The number of pyridine rings is 1. The Bertz CT molecular complexity index is 1100. The summed E-state index contributed by atoms with van der Waals surface area (Å²) in [5, 5.41) is 7.85. The number of anilines is 2. The number of ether oxygens (including phenoxy) is 1. The third kappa shape index (κ3) is 5.89. The van der Waals surface area contributed by atoms with Crippen molar-refractivity contribution in [2.24, 2.45) is 5.92 Å². The maximum Gasteiger partial charge on any atom is 0.224 e. The highest BCUT2D eigenvalue weighted by Gasteiger charge is 2.27. The average Bonchev–Trinajstić information content (AvgIpc) is 2.85. The lowest BCUT2D eigenvalue weighted by atomic mass is 9.97. The van der Waals surface area contributed by atoms with Crippen LogP contribution in [0.1, 0.15) is 24.8 Å². The van der Waals surface area contributed by atoms with Crippen molar-refractivity contribution in [2.45, 2.75) is 25.8 Å². The Morgan fingerprint density at radius 1 is 1.27 bits per heavy atom. The number of methoxy groups -OCH3 is 1. The Labute approximate surface area is 198 Å². The number of amides is 1. The molecule has 1 fully saturated rings. The molecule has 1 amide bonds. The molecule has 1 aliphatic heterocycles. The van der Waals surface area contributed by atoms with Crippen molar-refractivity contribution in [3.8, 4) is 0 Å². The Balaban J connectivity index is 1.44. The molecule has 1 saturated heterocycles. The van der Waals surface area contributed by atoms with Gasteiger partial charge in [0.15, 0.2) is 0 Å². The van der Waals surface area contributed by atoms with E-state index in [4.69, 9.17) is 16.3 Å². The lowest BCUT2D eigenvalue weighted by Gasteiger charge is -2.33. The zero-order chi connectivity index (χ0) is 23.0. The summed E-state index contributed by atoms with van der Waals surface area (Å²) in [4.78, 5) is 28.6. The molecule has 0 radical (unpaired) electrons. The maximum absolute atomic E-state index is 12.6. The number of benzene rings is 1. The van der Waals surface area contributed by atoms with Gasteiger partial charge in [0.25, 0.3) is 0 Å². The molecule has 2 N–H and O–H groups in total. The van der Waals surface area contributed by atoms with E-state index in [1.54, 1.807) is 19.5 Å². The summed E-state index contributed by atoms with van der Waals surface area (Å²) >= 11 is 6.24. The summed E-state index contributed by atoms with van der Waals surface area (Å²) in [7, 11) is 1.67. The number of carbonyl (C=O) groups excluding carboxylic acids is 1. The van der Waals surface area contributed by atoms with Crippen molar-refractivity contribution in [3.05, 3.63) is 53.3 Å². The fraction of sp³-hybridized carbons (Fsp3) is 0.417. The summed E-state index contributed by atoms with van der Waals surface area (Å²) in [5.41, 5.74) is 1.79. The molecular formula is C24H29ClN6O2. The van der Waals surface area contributed by atoms with E-state index in [2.05, 4.69) is 30.5 Å². The van der Waals surface area contributed by atoms with E-state index >= 15 is 0 Å². The van der Waals surface area contributed by atoms with E-state index in [1.165, 1.54) is 0 Å². The van der Waals surface area contributed by atoms with Gasteiger partial charge in [-0.05, 0) is 37.0 Å². The quantitative estimate of drug-likeness (QED) is 0.463. The Morgan fingerprint density at radius 3 is 3.00 bits per heavy atom. The number of aromatic nitrogens is 3. The second-order valence-electron chi connectivity index (χ2n) is 8.13. The highest BCUT2D eigenvalue weighted by Crippen LogP contribution is 2.28. The zero-order valence-corrected chi connectivity index (χ0v) is 19.5. The highest BCUT2D eigenvalue weighted by atomic mass is 35.5. The van der Waals surface area contributed by atoms with Gasteiger partial charge in [-0.1, -0.05) is 29.8 Å². The first-order chi connectivity index (χ1) is 16.2. The van der Waals surface area contributed by atoms with Gasteiger partial charge in [-0.2, -0.15) is 0 Å². The van der Waals surface area contributed by atoms with Crippen molar-refractivity contribution in [1.82, 2.24) is 20.3 Å². The van der Waals surface area contributed by atoms with Crippen LogP contribution in [0.5, 0.6) is 0 Å². The maximum atomic E-state index is 12.6. The van der Waals surface area contributed by atoms with Crippen molar-refractivity contribution in [3.63, 3.8) is 0 Å². The first-order valence-corrected chi connectivity index (χ1v) is 11.6. The summed E-state index contributed by atoms with van der Waals surface area (Å²) in [6.45, 7) is 3.30. The standard InChI is InChI=1S/C24H29ClN6O2/c1-33-13-5-10-27-23(32)18-7-4-12-31(16-18)22-19-15-29-24(30-21(19)9-11-26-22)28-14-17-6-2-3-8-20(17)25/h2-3,6,8-9,11,15,18H,4-5,7,10,12-14,16H2,1H3,(H,27,32)(H,28,29,30). The topological polar surface area (TPSA) is 92.3 Å². The number of rotatable bonds is 9. The number of fused-ring (bicyclic) bond motifs is 1. The number of hydrogen-bond acceptors (Lipinski definition) is 7. The molecule has 0 spiro atoms. The smallest absolute Gasteiger partial charge is 0.224 e. The molecule has 3 heterocycles.